The summed E-state index contributed by atoms with van der Waals surface area (Å²) >= 11 is 0. The molecule has 0 amide bonds. The van der Waals surface area contributed by atoms with Crippen LogP contribution in [0.25, 0.3) is 22.4 Å². The molecular weight excluding hydrogens is 478 g/mol. The third-order valence-corrected chi connectivity index (χ3v) is 8.47. The van der Waals surface area contributed by atoms with Gasteiger partial charge in [0.25, 0.3) is 0 Å². The number of hydrogen-bond acceptors (Lipinski definition) is 6. The van der Waals surface area contributed by atoms with E-state index in [2.05, 4.69) is 58.0 Å². The smallest absolute Gasteiger partial charge is 0.439 e. The van der Waals surface area contributed by atoms with E-state index in [-0.39, 0.29) is 12.0 Å². The fourth-order valence-corrected chi connectivity index (χ4v) is 6.60. The van der Waals surface area contributed by atoms with E-state index < -0.39 is 5.76 Å². The van der Waals surface area contributed by atoms with E-state index in [1.807, 2.05) is 13.8 Å². The quantitative estimate of drug-likeness (QED) is 0.376. The van der Waals surface area contributed by atoms with Crippen LogP contribution in [0.1, 0.15) is 84.6 Å². The van der Waals surface area contributed by atoms with Crippen molar-refractivity contribution in [3.8, 4) is 0 Å². The zero-order chi connectivity index (χ0) is 25.7. The maximum atomic E-state index is 11.9. The van der Waals surface area contributed by atoms with Gasteiger partial charge in [0.15, 0.2) is 11.5 Å². The molecule has 3 aliphatic carbocycles. The number of nitrogens with zero attached hydrogens (tertiary/aromatic N) is 4. The molecule has 38 heavy (non-hydrogen) atoms. The SMILES string of the molecule is C/C(=C1/CC(n2c(C3CC3)nc3c(C)cc(C)nc32)=CC2=C1C1CC(O2)c2ccccc21)c1noc(=O)[nH]1. The molecule has 2 unspecified atom stereocenters. The molecule has 1 N–H and O–H groups in total. The number of benzene rings is 1. The number of imidazole rings is 1. The summed E-state index contributed by atoms with van der Waals surface area (Å²) in [5.41, 5.74) is 10.8. The predicted octanol–water partition coefficient (Wildman–Crippen LogP) is 5.83. The predicted molar refractivity (Wildman–Crippen MR) is 142 cm³/mol. The molecule has 8 rings (SSSR count). The summed E-state index contributed by atoms with van der Waals surface area (Å²) in [4.78, 5) is 24.7. The Labute approximate surface area is 218 Å². The number of H-pyrrole nitrogens is 1. The van der Waals surface area contributed by atoms with Crippen molar-refractivity contribution in [1.29, 1.82) is 0 Å². The number of fused-ring (bicyclic) bond motifs is 7. The molecule has 1 aliphatic heterocycles. The molecule has 4 aromatic rings. The maximum absolute atomic E-state index is 11.9. The van der Waals surface area contributed by atoms with E-state index in [0.717, 1.165) is 70.1 Å². The minimum Gasteiger partial charge on any atom is -0.485 e. The molecule has 1 saturated carbocycles. The number of ether oxygens (including phenoxy) is 1. The maximum Gasteiger partial charge on any atom is 0.439 e. The number of rotatable bonds is 3. The van der Waals surface area contributed by atoms with Gasteiger partial charge < -0.3 is 4.74 Å². The molecule has 2 bridgehead atoms. The first-order chi connectivity index (χ1) is 18.5. The number of aromatic nitrogens is 5. The van der Waals surface area contributed by atoms with Gasteiger partial charge in [-0.2, -0.15) is 0 Å². The van der Waals surface area contributed by atoms with Crippen molar-refractivity contribution in [2.24, 2.45) is 0 Å². The summed E-state index contributed by atoms with van der Waals surface area (Å²) in [6.45, 7) is 6.15. The van der Waals surface area contributed by atoms with Gasteiger partial charge in [0, 0.05) is 41.3 Å². The van der Waals surface area contributed by atoms with Gasteiger partial charge in [-0.25, -0.2) is 14.8 Å². The van der Waals surface area contributed by atoms with Crippen LogP contribution in [0.2, 0.25) is 0 Å². The summed E-state index contributed by atoms with van der Waals surface area (Å²) in [6.07, 6.45) is 6.07. The molecular formula is C30H27N5O3. The van der Waals surface area contributed by atoms with Crippen molar-refractivity contribution in [1.82, 2.24) is 24.7 Å². The van der Waals surface area contributed by atoms with Crippen molar-refractivity contribution in [2.45, 2.75) is 64.4 Å². The summed E-state index contributed by atoms with van der Waals surface area (Å²) < 4.78 is 13.9. The summed E-state index contributed by atoms with van der Waals surface area (Å²) in [7, 11) is 0. The molecule has 4 aliphatic rings. The van der Waals surface area contributed by atoms with Crippen LogP contribution in [0.5, 0.6) is 0 Å². The van der Waals surface area contributed by atoms with Crippen molar-refractivity contribution in [2.75, 3.05) is 0 Å². The number of aromatic amines is 1. The van der Waals surface area contributed by atoms with Crippen molar-refractivity contribution >= 4 is 22.4 Å². The molecule has 1 fully saturated rings. The second-order valence-electron chi connectivity index (χ2n) is 11.0. The highest BCUT2D eigenvalue weighted by molar-refractivity contribution is 5.83. The van der Waals surface area contributed by atoms with Gasteiger partial charge in [0.1, 0.15) is 23.2 Å². The highest BCUT2D eigenvalue weighted by atomic mass is 16.5. The first-order valence-corrected chi connectivity index (χ1v) is 13.3. The van der Waals surface area contributed by atoms with E-state index in [4.69, 9.17) is 19.2 Å². The molecule has 0 saturated heterocycles. The van der Waals surface area contributed by atoms with Gasteiger partial charge >= 0.3 is 5.76 Å². The number of aryl methyl sites for hydroxylation is 2. The normalized spacial score (nSPS) is 23.3. The highest BCUT2D eigenvalue weighted by Gasteiger charge is 2.44. The monoisotopic (exact) mass is 505 g/mol. The summed E-state index contributed by atoms with van der Waals surface area (Å²) in [5, 5.41) is 4.04. The van der Waals surface area contributed by atoms with Gasteiger partial charge in [-0.05, 0) is 73.9 Å². The van der Waals surface area contributed by atoms with Crippen molar-refractivity contribution in [3.05, 3.63) is 97.9 Å². The summed E-state index contributed by atoms with van der Waals surface area (Å²) in [6, 6.07) is 10.7. The van der Waals surface area contributed by atoms with Crippen LogP contribution in [-0.2, 0) is 4.74 Å². The molecule has 8 heteroatoms. The molecule has 190 valence electrons. The van der Waals surface area contributed by atoms with E-state index in [1.54, 1.807) is 0 Å². The first kappa shape index (κ1) is 21.8. The topological polar surface area (TPSA) is 98.8 Å². The van der Waals surface area contributed by atoms with Gasteiger partial charge in [-0.1, -0.05) is 29.4 Å². The Morgan fingerprint density at radius 2 is 1.95 bits per heavy atom. The Bertz CT molecular complexity index is 1830. The standard InChI is InChI=1S/C30H27N5O3/c1-14-10-15(2)31-29-26(14)32-28(17-8-9-17)35(29)18-11-21(16(3)27-33-30(36)38-34-27)25-22-13-23(37-24(25)12-18)20-7-5-4-6-19(20)22/h4-7,10,12,17,22-23H,8-9,11,13H2,1-3H3,(H,33,34,36)/b21-16+. The lowest BCUT2D eigenvalue weighted by Gasteiger charge is -2.33. The van der Waals surface area contributed by atoms with Gasteiger partial charge in [0.2, 0.25) is 0 Å². The van der Waals surface area contributed by atoms with Crippen molar-refractivity contribution < 1.29 is 9.26 Å². The van der Waals surface area contributed by atoms with Crippen LogP contribution < -0.4 is 5.76 Å². The number of hydrogen-bond donors (Lipinski definition) is 1. The third kappa shape index (κ3) is 3.09. The molecule has 3 aromatic heterocycles. The van der Waals surface area contributed by atoms with Crippen LogP contribution in [-0.4, -0.2) is 24.7 Å². The lowest BCUT2D eigenvalue weighted by molar-refractivity contribution is 0.107. The molecule has 4 heterocycles. The fourth-order valence-electron chi connectivity index (χ4n) is 6.60. The van der Waals surface area contributed by atoms with Crippen molar-refractivity contribution in [3.63, 3.8) is 0 Å². The average molecular weight is 506 g/mol. The number of allylic oxidation sites excluding steroid dienone is 5. The van der Waals surface area contributed by atoms with Gasteiger partial charge in [-0.15, -0.1) is 0 Å². The molecule has 1 aromatic carbocycles. The Kier molecular flexibility index (Phi) is 4.40. The summed E-state index contributed by atoms with van der Waals surface area (Å²) in [5.74, 6) is 2.52. The van der Waals surface area contributed by atoms with E-state index >= 15 is 0 Å². The lowest BCUT2D eigenvalue weighted by Crippen LogP contribution is -2.19. The van der Waals surface area contributed by atoms with E-state index in [0.29, 0.717) is 18.2 Å². The molecule has 0 spiro atoms. The second-order valence-corrected chi connectivity index (χ2v) is 11.0. The highest BCUT2D eigenvalue weighted by Crippen LogP contribution is 2.57. The van der Waals surface area contributed by atoms with Crippen LogP contribution in [0, 0.1) is 13.8 Å². The molecule has 8 nitrogen and oxygen atoms in total. The second kappa shape index (κ2) is 7.66. The van der Waals surface area contributed by atoms with Crippen LogP contribution in [0.15, 0.2) is 62.6 Å². The van der Waals surface area contributed by atoms with E-state index in [1.165, 1.54) is 16.7 Å². The fraction of sp³-hybridized carbons (Fsp3) is 0.333. The van der Waals surface area contributed by atoms with Crippen LogP contribution >= 0.6 is 0 Å². The minimum atomic E-state index is -0.557. The minimum absolute atomic E-state index is 0.0315. The Morgan fingerprint density at radius 3 is 2.71 bits per heavy atom. The zero-order valence-corrected chi connectivity index (χ0v) is 21.5. The lowest BCUT2D eigenvalue weighted by atomic mass is 9.79. The molecule has 0 radical (unpaired) electrons. The van der Waals surface area contributed by atoms with Gasteiger partial charge in [-0.3, -0.25) is 14.1 Å². The molecule has 2 atom stereocenters. The average Bonchev–Trinajstić information content (AvgIpc) is 3.45. The Morgan fingerprint density at radius 1 is 1.13 bits per heavy atom. The largest absolute Gasteiger partial charge is 0.485 e. The Balaban J connectivity index is 1.39. The van der Waals surface area contributed by atoms with Crippen LogP contribution in [0.3, 0.4) is 0 Å². The number of nitrogens with one attached hydrogen (secondary N) is 1. The van der Waals surface area contributed by atoms with Crippen LogP contribution in [0.4, 0.5) is 0 Å². The van der Waals surface area contributed by atoms with E-state index in [9.17, 15) is 4.79 Å². The zero-order valence-electron chi connectivity index (χ0n) is 21.5. The Hall–Kier alpha value is -4.20. The number of pyridine rings is 1. The third-order valence-electron chi connectivity index (χ3n) is 8.47. The van der Waals surface area contributed by atoms with Gasteiger partial charge in [0.05, 0.1) is 0 Å². The first-order valence-electron chi connectivity index (χ1n) is 13.3.